The van der Waals surface area contributed by atoms with E-state index in [4.69, 9.17) is 10.00 Å². The molecule has 3 aromatic rings. The number of rotatable bonds is 5. The van der Waals surface area contributed by atoms with Crippen molar-refractivity contribution in [2.24, 2.45) is 0 Å². The predicted molar refractivity (Wildman–Crippen MR) is 105 cm³/mol. The van der Waals surface area contributed by atoms with Crippen LogP contribution in [0.5, 0.6) is 5.75 Å². The molecule has 4 rings (SSSR count). The number of ether oxygens (including phenoxy) is 1. The van der Waals surface area contributed by atoms with Gasteiger partial charge >= 0.3 is 0 Å². The third-order valence-corrected chi connectivity index (χ3v) is 5.57. The molecule has 0 fully saturated rings. The first kappa shape index (κ1) is 16.8. The Morgan fingerprint density at radius 2 is 1.88 bits per heavy atom. The van der Waals surface area contributed by atoms with E-state index < -0.39 is 0 Å². The molecule has 2 heterocycles. The van der Waals surface area contributed by atoms with Crippen LogP contribution in [0.4, 0.5) is 0 Å². The van der Waals surface area contributed by atoms with Crippen LogP contribution in [-0.4, -0.2) is 6.10 Å². The molecule has 0 spiro atoms. The van der Waals surface area contributed by atoms with Gasteiger partial charge in [0.15, 0.2) is 0 Å². The van der Waals surface area contributed by atoms with Gasteiger partial charge in [0, 0.05) is 24.4 Å². The van der Waals surface area contributed by atoms with E-state index >= 15 is 0 Å². The maximum atomic E-state index is 8.87. The van der Waals surface area contributed by atoms with Gasteiger partial charge in [-0.25, -0.2) is 0 Å². The third-order valence-electron chi connectivity index (χ3n) is 4.58. The maximum Gasteiger partial charge on any atom is 0.123 e. The van der Waals surface area contributed by atoms with Gasteiger partial charge < -0.3 is 10.1 Å². The molecule has 130 valence electrons. The van der Waals surface area contributed by atoms with Crippen LogP contribution < -0.4 is 10.1 Å². The molecule has 1 atom stereocenters. The summed E-state index contributed by atoms with van der Waals surface area (Å²) < 4.78 is 5.78. The van der Waals surface area contributed by atoms with Gasteiger partial charge in [-0.2, -0.15) is 5.26 Å². The Balaban J connectivity index is 1.38. The van der Waals surface area contributed by atoms with Gasteiger partial charge in [-0.1, -0.05) is 30.3 Å². The Labute approximate surface area is 157 Å². The zero-order valence-corrected chi connectivity index (χ0v) is 15.5. The normalized spacial score (nSPS) is 15.3. The molecule has 0 saturated heterocycles. The lowest BCUT2D eigenvalue weighted by molar-refractivity contribution is 0.254. The zero-order valence-electron chi connectivity index (χ0n) is 14.7. The summed E-state index contributed by atoms with van der Waals surface area (Å²) in [6, 6.07) is 21.2. The van der Waals surface area contributed by atoms with Crippen LogP contribution in [0.3, 0.4) is 0 Å². The van der Waals surface area contributed by atoms with Gasteiger partial charge in [0.2, 0.25) is 0 Å². The monoisotopic (exact) mass is 360 g/mol. The fraction of sp³-hybridized carbons (Fsp3) is 0.227. The molecular formula is C22H20N2OS. The molecule has 26 heavy (non-hydrogen) atoms. The number of benzene rings is 2. The van der Waals surface area contributed by atoms with E-state index in [-0.39, 0.29) is 6.10 Å². The molecule has 3 nitrogen and oxygen atoms in total. The summed E-state index contributed by atoms with van der Waals surface area (Å²) in [5, 5.41) is 12.3. The van der Waals surface area contributed by atoms with Crippen LogP contribution >= 0.6 is 11.3 Å². The second kappa shape index (κ2) is 7.33. The number of nitrogens with zero attached hydrogens (tertiary/aromatic N) is 1. The average molecular weight is 360 g/mol. The Kier molecular flexibility index (Phi) is 4.75. The molecule has 1 unspecified atom stereocenters. The summed E-state index contributed by atoms with van der Waals surface area (Å²) in [7, 11) is 0. The molecular weight excluding hydrogens is 340 g/mol. The second-order valence-electron chi connectivity index (χ2n) is 6.63. The fourth-order valence-electron chi connectivity index (χ4n) is 3.28. The van der Waals surface area contributed by atoms with Crippen molar-refractivity contribution >= 4 is 11.3 Å². The number of hydrogen-bond donors (Lipinski definition) is 1. The zero-order chi connectivity index (χ0) is 17.9. The quantitative estimate of drug-likeness (QED) is 0.704. The highest BCUT2D eigenvalue weighted by Crippen LogP contribution is 2.32. The molecule has 0 amide bonds. The van der Waals surface area contributed by atoms with Gasteiger partial charge in [-0.15, -0.1) is 11.3 Å². The molecule has 0 aliphatic carbocycles. The highest BCUT2D eigenvalue weighted by molar-refractivity contribution is 7.12. The van der Waals surface area contributed by atoms with Crippen LogP contribution in [0.1, 0.15) is 27.8 Å². The highest BCUT2D eigenvalue weighted by atomic mass is 32.1. The summed E-state index contributed by atoms with van der Waals surface area (Å²) >= 11 is 1.54. The number of hydrogen-bond acceptors (Lipinski definition) is 4. The van der Waals surface area contributed by atoms with Crippen LogP contribution in [-0.2, 0) is 19.5 Å². The molecule has 2 aromatic carbocycles. The lowest BCUT2D eigenvalue weighted by atomic mass is 10.00. The maximum absolute atomic E-state index is 8.87. The van der Waals surface area contributed by atoms with Crippen LogP contribution in [0.15, 0.2) is 54.6 Å². The summed E-state index contributed by atoms with van der Waals surface area (Å²) in [5.74, 6) is 1.02. The van der Waals surface area contributed by atoms with E-state index in [9.17, 15) is 0 Å². The Morgan fingerprint density at radius 3 is 2.65 bits per heavy atom. The van der Waals surface area contributed by atoms with E-state index in [1.807, 2.05) is 12.1 Å². The minimum atomic E-state index is 0.279. The van der Waals surface area contributed by atoms with Crippen molar-refractivity contribution in [3.05, 3.63) is 75.5 Å². The highest BCUT2D eigenvalue weighted by Gasteiger charge is 2.19. The van der Waals surface area contributed by atoms with E-state index in [2.05, 4.69) is 60.8 Å². The molecule has 0 saturated carbocycles. The van der Waals surface area contributed by atoms with Crippen molar-refractivity contribution in [2.75, 3.05) is 0 Å². The predicted octanol–water partition coefficient (Wildman–Crippen LogP) is 4.90. The summed E-state index contributed by atoms with van der Waals surface area (Å²) in [6.07, 6.45) is 1.27. The van der Waals surface area contributed by atoms with Crippen molar-refractivity contribution in [3.8, 4) is 22.9 Å². The number of thiophene rings is 1. The molecule has 1 aliphatic heterocycles. The van der Waals surface area contributed by atoms with E-state index in [0.29, 0.717) is 0 Å². The van der Waals surface area contributed by atoms with Crippen molar-refractivity contribution in [2.45, 2.75) is 32.5 Å². The van der Waals surface area contributed by atoms with Crippen molar-refractivity contribution in [3.63, 3.8) is 0 Å². The standard InChI is InChI=1S/C22H20N2OS/c1-15-10-19-11-18(6-9-22(19)25-15)17-4-2-16(3-5-17)13-24-14-21-8-7-20(12-23)26-21/h2-9,11,15,24H,10,13-14H2,1H3. The smallest absolute Gasteiger partial charge is 0.123 e. The lowest BCUT2D eigenvalue weighted by Crippen LogP contribution is -2.11. The van der Waals surface area contributed by atoms with Crippen molar-refractivity contribution in [1.29, 1.82) is 5.26 Å². The molecule has 1 N–H and O–H groups in total. The van der Waals surface area contributed by atoms with Crippen molar-refractivity contribution < 1.29 is 4.74 Å². The van der Waals surface area contributed by atoms with Gasteiger partial charge in [-0.05, 0) is 53.4 Å². The Bertz CT molecular complexity index is 953. The van der Waals surface area contributed by atoms with E-state index in [1.54, 1.807) is 11.3 Å². The average Bonchev–Trinajstić information content (AvgIpc) is 3.27. The van der Waals surface area contributed by atoms with Gasteiger partial charge in [-0.3, -0.25) is 0 Å². The topological polar surface area (TPSA) is 45.0 Å². The van der Waals surface area contributed by atoms with E-state index in [1.165, 1.54) is 27.1 Å². The van der Waals surface area contributed by atoms with Crippen LogP contribution in [0.25, 0.3) is 11.1 Å². The van der Waals surface area contributed by atoms with Gasteiger partial charge in [0.05, 0.1) is 0 Å². The molecule has 0 radical (unpaired) electrons. The fourth-order valence-corrected chi connectivity index (χ4v) is 4.05. The minimum Gasteiger partial charge on any atom is -0.490 e. The van der Waals surface area contributed by atoms with Gasteiger partial charge in [0.25, 0.3) is 0 Å². The molecule has 1 aliphatic rings. The second-order valence-corrected chi connectivity index (χ2v) is 7.80. The lowest BCUT2D eigenvalue weighted by Gasteiger charge is -2.07. The van der Waals surface area contributed by atoms with Gasteiger partial charge in [0.1, 0.15) is 22.8 Å². The first-order valence-electron chi connectivity index (χ1n) is 8.80. The van der Waals surface area contributed by atoms with Crippen LogP contribution in [0.2, 0.25) is 0 Å². The summed E-state index contributed by atoms with van der Waals surface area (Å²) in [4.78, 5) is 1.95. The number of nitriles is 1. The SMILES string of the molecule is CC1Cc2cc(-c3ccc(CNCc4ccc(C#N)s4)cc3)ccc2O1. The number of fused-ring (bicyclic) bond motifs is 1. The van der Waals surface area contributed by atoms with Crippen molar-refractivity contribution in [1.82, 2.24) is 5.32 Å². The molecule has 0 bridgehead atoms. The summed E-state index contributed by atoms with van der Waals surface area (Å²) in [6.45, 7) is 3.71. The first-order chi connectivity index (χ1) is 12.7. The largest absolute Gasteiger partial charge is 0.490 e. The number of nitrogens with one attached hydrogen (secondary N) is 1. The minimum absolute atomic E-state index is 0.279. The van der Waals surface area contributed by atoms with E-state index in [0.717, 1.165) is 30.1 Å². The van der Waals surface area contributed by atoms with Crippen LogP contribution in [0, 0.1) is 11.3 Å². The Hall–Kier alpha value is -2.61. The third kappa shape index (κ3) is 3.65. The first-order valence-corrected chi connectivity index (χ1v) is 9.61. The molecule has 4 heteroatoms. The molecule has 1 aromatic heterocycles. The Morgan fingerprint density at radius 1 is 1.08 bits per heavy atom. The summed E-state index contributed by atoms with van der Waals surface area (Å²) in [5.41, 5.74) is 5.02.